The van der Waals surface area contributed by atoms with Crippen LogP contribution in [-0.4, -0.2) is 16.8 Å². The van der Waals surface area contributed by atoms with E-state index in [1.54, 1.807) is 0 Å². The first-order valence-corrected chi connectivity index (χ1v) is 6.76. The van der Waals surface area contributed by atoms with E-state index in [0.29, 0.717) is 4.83 Å². The van der Waals surface area contributed by atoms with E-state index in [2.05, 4.69) is 56.1 Å². The molecule has 0 radical (unpaired) electrons. The van der Waals surface area contributed by atoms with Gasteiger partial charge in [-0.05, 0) is 17.5 Å². The van der Waals surface area contributed by atoms with Crippen molar-refractivity contribution in [1.29, 1.82) is 0 Å². The molecule has 0 aliphatic heterocycles. The standard InChI is InChI=1S/C11H12Br2O/c12-5-6-14-11-9-4-2-1-3-8(9)7-10(11)13/h1-4,10-11H,5-7H2. The fraction of sp³-hybridized carbons (Fsp3) is 0.455. The van der Waals surface area contributed by atoms with Crippen molar-refractivity contribution in [1.82, 2.24) is 0 Å². The molecule has 0 saturated carbocycles. The second-order valence-corrected chi connectivity index (χ2v) is 5.37. The van der Waals surface area contributed by atoms with Crippen LogP contribution < -0.4 is 0 Å². The van der Waals surface area contributed by atoms with Gasteiger partial charge in [-0.3, -0.25) is 0 Å². The van der Waals surface area contributed by atoms with Crippen LogP contribution in [0.2, 0.25) is 0 Å². The molecule has 14 heavy (non-hydrogen) atoms. The van der Waals surface area contributed by atoms with Crippen molar-refractivity contribution in [2.45, 2.75) is 17.4 Å². The summed E-state index contributed by atoms with van der Waals surface area (Å²) in [5.41, 5.74) is 2.75. The average molecular weight is 320 g/mol. The van der Waals surface area contributed by atoms with Crippen LogP contribution >= 0.6 is 31.9 Å². The van der Waals surface area contributed by atoms with Crippen LogP contribution in [0.4, 0.5) is 0 Å². The van der Waals surface area contributed by atoms with E-state index in [1.165, 1.54) is 11.1 Å². The van der Waals surface area contributed by atoms with Crippen molar-refractivity contribution in [3.8, 4) is 0 Å². The highest BCUT2D eigenvalue weighted by Crippen LogP contribution is 2.38. The predicted octanol–water partition coefficient (Wildman–Crippen LogP) is 3.46. The van der Waals surface area contributed by atoms with Crippen LogP contribution in [-0.2, 0) is 11.2 Å². The molecule has 2 atom stereocenters. The smallest absolute Gasteiger partial charge is 0.0956 e. The molecule has 0 aromatic heterocycles. The van der Waals surface area contributed by atoms with Gasteiger partial charge in [0.2, 0.25) is 0 Å². The highest BCUT2D eigenvalue weighted by Gasteiger charge is 2.30. The van der Waals surface area contributed by atoms with Crippen LogP contribution in [0.3, 0.4) is 0 Å². The Balaban J connectivity index is 2.17. The van der Waals surface area contributed by atoms with Crippen LogP contribution in [0, 0.1) is 0 Å². The summed E-state index contributed by atoms with van der Waals surface area (Å²) >= 11 is 7.05. The summed E-state index contributed by atoms with van der Waals surface area (Å²) in [7, 11) is 0. The van der Waals surface area contributed by atoms with Crippen molar-refractivity contribution in [2.75, 3.05) is 11.9 Å². The van der Waals surface area contributed by atoms with E-state index >= 15 is 0 Å². The van der Waals surface area contributed by atoms with E-state index < -0.39 is 0 Å². The summed E-state index contributed by atoms with van der Waals surface area (Å²) in [5.74, 6) is 0. The Morgan fingerprint density at radius 1 is 1.36 bits per heavy atom. The minimum atomic E-state index is 0.226. The molecule has 1 aliphatic rings. The maximum absolute atomic E-state index is 5.80. The van der Waals surface area contributed by atoms with Gasteiger partial charge >= 0.3 is 0 Å². The first-order valence-electron chi connectivity index (χ1n) is 4.72. The van der Waals surface area contributed by atoms with Crippen LogP contribution in [0.15, 0.2) is 24.3 Å². The van der Waals surface area contributed by atoms with Gasteiger partial charge in [0.05, 0.1) is 12.7 Å². The molecule has 0 fully saturated rings. The Labute approximate surface area is 101 Å². The Morgan fingerprint density at radius 3 is 2.93 bits per heavy atom. The molecule has 1 aromatic carbocycles. The van der Waals surface area contributed by atoms with Gasteiger partial charge in [0.25, 0.3) is 0 Å². The number of rotatable bonds is 3. The average Bonchev–Trinajstić information content (AvgIpc) is 2.51. The first kappa shape index (κ1) is 10.7. The van der Waals surface area contributed by atoms with Crippen molar-refractivity contribution >= 4 is 31.9 Å². The normalized spacial score (nSPS) is 25.0. The molecule has 1 aliphatic carbocycles. The molecule has 2 rings (SSSR count). The number of alkyl halides is 2. The van der Waals surface area contributed by atoms with E-state index in [4.69, 9.17) is 4.74 Å². The van der Waals surface area contributed by atoms with Crippen LogP contribution in [0.1, 0.15) is 17.2 Å². The Bertz CT molecular complexity index is 314. The first-order chi connectivity index (χ1) is 6.83. The molecule has 0 N–H and O–H groups in total. The van der Waals surface area contributed by atoms with Crippen molar-refractivity contribution in [3.05, 3.63) is 35.4 Å². The zero-order valence-electron chi connectivity index (χ0n) is 7.75. The molecule has 1 aromatic rings. The van der Waals surface area contributed by atoms with Crippen molar-refractivity contribution in [2.24, 2.45) is 0 Å². The summed E-state index contributed by atoms with van der Waals surface area (Å²) in [6.45, 7) is 0.765. The number of ether oxygens (including phenoxy) is 1. The molecule has 0 saturated heterocycles. The number of halogens is 2. The lowest BCUT2D eigenvalue weighted by molar-refractivity contribution is 0.0717. The largest absolute Gasteiger partial charge is 0.371 e. The lowest BCUT2D eigenvalue weighted by atomic mass is 10.1. The summed E-state index contributed by atoms with van der Waals surface area (Å²) in [4.78, 5) is 0.430. The predicted molar refractivity (Wildman–Crippen MR) is 65.3 cm³/mol. The third-order valence-corrected chi connectivity index (χ3v) is 3.61. The monoisotopic (exact) mass is 318 g/mol. The Kier molecular flexibility index (Phi) is 3.63. The van der Waals surface area contributed by atoms with Crippen molar-refractivity contribution in [3.63, 3.8) is 0 Å². The number of fused-ring (bicyclic) bond motifs is 1. The second-order valence-electron chi connectivity index (χ2n) is 3.40. The topological polar surface area (TPSA) is 9.23 Å². The maximum atomic E-state index is 5.80. The van der Waals surface area contributed by atoms with Gasteiger partial charge in [0.1, 0.15) is 0 Å². The molecule has 0 bridgehead atoms. The zero-order chi connectivity index (χ0) is 9.97. The van der Waals surface area contributed by atoms with E-state index in [0.717, 1.165) is 18.4 Å². The van der Waals surface area contributed by atoms with Crippen LogP contribution in [0.5, 0.6) is 0 Å². The Hall–Kier alpha value is 0.140. The second kappa shape index (κ2) is 4.77. The quantitative estimate of drug-likeness (QED) is 0.775. The van der Waals surface area contributed by atoms with Gasteiger partial charge in [-0.2, -0.15) is 0 Å². The highest BCUT2D eigenvalue weighted by atomic mass is 79.9. The van der Waals surface area contributed by atoms with Gasteiger partial charge in [-0.15, -0.1) is 0 Å². The van der Waals surface area contributed by atoms with Crippen molar-refractivity contribution < 1.29 is 4.74 Å². The number of hydrogen-bond acceptors (Lipinski definition) is 1. The third-order valence-electron chi connectivity index (χ3n) is 2.48. The summed E-state index contributed by atoms with van der Waals surface area (Å²) in [6.07, 6.45) is 1.30. The van der Waals surface area contributed by atoms with Gasteiger partial charge in [-0.1, -0.05) is 56.1 Å². The van der Waals surface area contributed by atoms with E-state index in [1.807, 2.05) is 0 Å². The molecule has 0 heterocycles. The lowest BCUT2D eigenvalue weighted by Crippen LogP contribution is -2.11. The molecule has 0 spiro atoms. The molecule has 0 amide bonds. The third kappa shape index (κ3) is 2.05. The molecule has 2 unspecified atom stereocenters. The van der Waals surface area contributed by atoms with Gasteiger partial charge in [0.15, 0.2) is 0 Å². The summed E-state index contributed by atoms with van der Waals surface area (Å²) in [5, 5.41) is 0.894. The lowest BCUT2D eigenvalue weighted by Gasteiger charge is -2.15. The minimum Gasteiger partial charge on any atom is -0.371 e. The minimum absolute atomic E-state index is 0.226. The van der Waals surface area contributed by atoms with E-state index in [-0.39, 0.29) is 6.10 Å². The van der Waals surface area contributed by atoms with Gasteiger partial charge < -0.3 is 4.74 Å². The van der Waals surface area contributed by atoms with Gasteiger partial charge in [-0.25, -0.2) is 0 Å². The molecule has 76 valence electrons. The fourth-order valence-electron chi connectivity index (χ4n) is 1.88. The summed E-state index contributed by atoms with van der Waals surface area (Å²) < 4.78 is 5.80. The van der Waals surface area contributed by atoms with Crippen LogP contribution in [0.25, 0.3) is 0 Å². The fourth-order valence-corrected chi connectivity index (χ4v) is 2.85. The summed E-state index contributed by atoms with van der Waals surface area (Å²) in [6, 6.07) is 8.51. The SMILES string of the molecule is BrCCOC1c2ccccc2CC1Br. The molecule has 3 heteroatoms. The number of hydrogen-bond donors (Lipinski definition) is 0. The molecule has 1 nitrogen and oxygen atoms in total. The van der Waals surface area contributed by atoms with Gasteiger partial charge in [0, 0.05) is 10.2 Å². The maximum Gasteiger partial charge on any atom is 0.0956 e. The highest BCUT2D eigenvalue weighted by molar-refractivity contribution is 9.09. The number of benzene rings is 1. The zero-order valence-corrected chi connectivity index (χ0v) is 10.9. The van der Waals surface area contributed by atoms with E-state index in [9.17, 15) is 0 Å². The molecular weight excluding hydrogens is 308 g/mol. The molecular formula is C11H12Br2O. The Morgan fingerprint density at radius 2 is 2.14 bits per heavy atom.